The molecule has 0 radical (unpaired) electrons. The Labute approximate surface area is 158 Å². The van der Waals surface area contributed by atoms with Crippen molar-refractivity contribution in [1.29, 1.82) is 0 Å². The molecular formula is C20H23N3O4. The maximum atomic E-state index is 12.9. The van der Waals surface area contributed by atoms with E-state index in [2.05, 4.69) is 5.32 Å². The predicted molar refractivity (Wildman–Crippen MR) is 103 cm³/mol. The Kier molecular flexibility index (Phi) is 6.38. The van der Waals surface area contributed by atoms with Crippen molar-refractivity contribution in [2.24, 2.45) is 5.92 Å². The second kappa shape index (κ2) is 9.14. The van der Waals surface area contributed by atoms with Crippen LogP contribution >= 0.6 is 0 Å². The van der Waals surface area contributed by atoms with Crippen LogP contribution in [0.4, 0.5) is 16.2 Å². The summed E-state index contributed by atoms with van der Waals surface area (Å²) in [4.78, 5) is 25.0. The molecular weight excluding hydrogens is 346 g/mol. The number of carbonyl (C=O) groups excluding carboxylic acids is 1. The largest absolute Gasteiger partial charge is 0.381 e. The number of non-ortho nitro benzene ring substituents is 1. The fraction of sp³-hybridized carbons (Fsp3) is 0.350. The molecule has 1 fully saturated rings. The van der Waals surface area contributed by atoms with Gasteiger partial charge in [-0.2, -0.15) is 0 Å². The molecule has 1 N–H and O–H groups in total. The van der Waals surface area contributed by atoms with Crippen molar-refractivity contribution in [2.45, 2.75) is 19.4 Å². The van der Waals surface area contributed by atoms with Gasteiger partial charge in [0.1, 0.15) is 0 Å². The van der Waals surface area contributed by atoms with Gasteiger partial charge in [-0.1, -0.05) is 30.3 Å². The number of benzene rings is 2. The molecule has 0 atom stereocenters. The Morgan fingerprint density at radius 1 is 1.11 bits per heavy atom. The quantitative estimate of drug-likeness (QED) is 0.615. The Morgan fingerprint density at radius 2 is 1.78 bits per heavy atom. The number of ether oxygens (including phenoxy) is 1. The summed E-state index contributed by atoms with van der Waals surface area (Å²) in [6.45, 7) is 2.62. The number of amides is 2. The van der Waals surface area contributed by atoms with E-state index in [1.54, 1.807) is 17.0 Å². The van der Waals surface area contributed by atoms with Gasteiger partial charge in [0.25, 0.3) is 5.69 Å². The monoisotopic (exact) mass is 369 g/mol. The summed E-state index contributed by atoms with van der Waals surface area (Å²) in [7, 11) is 0. The third kappa shape index (κ3) is 5.52. The van der Waals surface area contributed by atoms with Gasteiger partial charge in [0.2, 0.25) is 0 Å². The first-order valence-electron chi connectivity index (χ1n) is 9.04. The van der Waals surface area contributed by atoms with Crippen molar-refractivity contribution in [3.63, 3.8) is 0 Å². The van der Waals surface area contributed by atoms with Gasteiger partial charge in [0, 0.05) is 44.1 Å². The van der Waals surface area contributed by atoms with Gasteiger partial charge in [-0.3, -0.25) is 10.1 Å². The van der Waals surface area contributed by atoms with Gasteiger partial charge in [0.05, 0.1) is 4.92 Å². The molecule has 1 saturated heterocycles. The second-order valence-electron chi connectivity index (χ2n) is 6.66. The fourth-order valence-corrected chi connectivity index (χ4v) is 3.13. The molecule has 2 amide bonds. The molecule has 7 heteroatoms. The van der Waals surface area contributed by atoms with E-state index in [0.29, 0.717) is 24.7 Å². The lowest BCUT2D eigenvalue weighted by Gasteiger charge is -2.30. The third-order valence-corrected chi connectivity index (χ3v) is 4.65. The lowest BCUT2D eigenvalue weighted by Crippen LogP contribution is -2.39. The maximum absolute atomic E-state index is 12.9. The normalized spacial score (nSPS) is 14.5. The number of rotatable bonds is 6. The highest BCUT2D eigenvalue weighted by atomic mass is 16.6. The van der Waals surface area contributed by atoms with Crippen LogP contribution < -0.4 is 5.32 Å². The zero-order valence-electron chi connectivity index (χ0n) is 15.0. The number of urea groups is 1. The van der Waals surface area contributed by atoms with E-state index in [1.165, 1.54) is 12.1 Å². The molecule has 0 aromatic heterocycles. The number of nitro benzene ring substituents is 1. The standard InChI is InChI=1S/C20H23N3O4/c24-20(21-18-6-8-19(9-7-18)23(25)26)22(14-16-4-2-1-3-5-16)15-17-10-12-27-13-11-17/h1-9,17H,10-15H2,(H,21,24). The highest BCUT2D eigenvalue weighted by Gasteiger charge is 2.22. The van der Waals surface area contributed by atoms with Crippen LogP contribution in [-0.2, 0) is 11.3 Å². The van der Waals surface area contributed by atoms with Crippen LogP contribution in [0.5, 0.6) is 0 Å². The number of anilines is 1. The lowest BCUT2D eigenvalue weighted by molar-refractivity contribution is -0.384. The first kappa shape index (κ1) is 18.8. The summed E-state index contributed by atoms with van der Waals surface area (Å²) in [5.41, 5.74) is 1.59. The van der Waals surface area contributed by atoms with E-state index >= 15 is 0 Å². The van der Waals surface area contributed by atoms with Crippen LogP contribution in [0.15, 0.2) is 54.6 Å². The Balaban J connectivity index is 1.69. The second-order valence-corrected chi connectivity index (χ2v) is 6.66. The van der Waals surface area contributed by atoms with Crippen LogP contribution in [0, 0.1) is 16.0 Å². The summed E-state index contributed by atoms with van der Waals surface area (Å²) in [6, 6.07) is 15.5. The van der Waals surface area contributed by atoms with Crippen molar-refractivity contribution in [3.05, 3.63) is 70.3 Å². The Hall–Kier alpha value is -2.93. The summed E-state index contributed by atoms with van der Waals surface area (Å²) in [5, 5.41) is 13.6. The number of hydrogen-bond donors (Lipinski definition) is 1. The first-order chi connectivity index (χ1) is 13.1. The van der Waals surface area contributed by atoms with Gasteiger partial charge in [-0.05, 0) is 36.5 Å². The van der Waals surface area contributed by atoms with Gasteiger partial charge in [-0.25, -0.2) is 4.79 Å². The van der Waals surface area contributed by atoms with E-state index in [9.17, 15) is 14.9 Å². The molecule has 1 aliphatic rings. The number of hydrogen-bond acceptors (Lipinski definition) is 4. The van der Waals surface area contributed by atoms with Crippen molar-refractivity contribution >= 4 is 17.4 Å². The fourth-order valence-electron chi connectivity index (χ4n) is 3.13. The lowest BCUT2D eigenvalue weighted by atomic mass is 9.99. The summed E-state index contributed by atoms with van der Waals surface area (Å²) < 4.78 is 5.41. The van der Waals surface area contributed by atoms with Crippen molar-refractivity contribution in [1.82, 2.24) is 4.90 Å². The van der Waals surface area contributed by atoms with Crippen LogP contribution in [0.2, 0.25) is 0 Å². The van der Waals surface area contributed by atoms with E-state index < -0.39 is 4.92 Å². The molecule has 27 heavy (non-hydrogen) atoms. The van der Waals surface area contributed by atoms with Crippen LogP contribution in [0.1, 0.15) is 18.4 Å². The van der Waals surface area contributed by atoms with Gasteiger partial charge in [-0.15, -0.1) is 0 Å². The van der Waals surface area contributed by atoms with Crippen molar-refractivity contribution in [2.75, 3.05) is 25.1 Å². The molecule has 1 aliphatic heterocycles. The molecule has 0 bridgehead atoms. The number of nitrogens with one attached hydrogen (secondary N) is 1. The zero-order chi connectivity index (χ0) is 19.1. The average molecular weight is 369 g/mol. The van der Waals surface area contributed by atoms with E-state index in [4.69, 9.17) is 4.74 Å². The molecule has 0 spiro atoms. The van der Waals surface area contributed by atoms with E-state index in [-0.39, 0.29) is 11.7 Å². The zero-order valence-corrected chi connectivity index (χ0v) is 15.0. The number of carbonyl (C=O) groups is 1. The summed E-state index contributed by atoms with van der Waals surface area (Å²) in [6.07, 6.45) is 1.88. The third-order valence-electron chi connectivity index (χ3n) is 4.65. The number of nitrogens with zero attached hydrogens (tertiary/aromatic N) is 2. The first-order valence-corrected chi connectivity index (χ1v) is 9.04. The highest BCUT2D eigenvalue weighted by molar-refractivity contribution is 5.89. The minimum Gasteiger partial charge on any atom is -0.381 e. The topological polar surface area (TPSA) is 84.7 Å². The Bertz CT molecular complexity index is 759. The molecule has 7 nitrogen and oxygen atoms in total. The van der Waals surface area contributed by atoms with E-state index in [1.807, 2.05) is 30.3 Å². The molecule has 142 valence electrons. The molecule has 2 aromatic carbocycles. The molecule has 3 rings (SSSR count). The summed E-state index contributed by atoms with van der Waals surface area (Å²) in [5.74, 6) is 0.407. The van der Waals surface area contributed by atoms with Crippen LogP contribution in [0.25, 0.3) is 0 Å². The molecule has 0 aliphatic carbocycles. The number of nitro groups is 1. The van der Waals surface area contributed by atoms with Crippen molar-refractivity contribution in [3.8, 4) is 0 Å². The Morgan fingerprint density at radius 3 is 2.41 bits per heavy atom. The summed E-state index contributed by atoms with van der Waals surface area (Å²) >= 11 is 0. The van der Waals surface area contributed by atoms with Crippen molar-refractivity contribution < 1.29 is 14.5 Å². The smallest absolute Gasteiger partial charge is 0.322 e. The van der Waals surface area contributed by atoms with Gasteiger partial charge < -0.3 is 15.0 Å². The minimum atomic E-state index is -0.460. The maximum Gasteiger partial charge on any atom is 0.322 e. The average Bonchev–Trinajstić information content (AvgIpc) is 2.69. The molecule has 0 unspecified atom stereocenters. The van der Waals surface area contributed by atoms with Gasteiger partial charge in [0.15, 0.2) is 0 Å². The van der Waals surface area contributed by atoms with E-state index in [0.717, 1.165) is 31.6 Å². The van der Waals surface area contributed by atoms with Gasteiger partial charge >= 0.3 is 6.03 Å². The van der Waals surface area contributed by atoms with Crippen LogP contribution in [-0.4, -0.2) is 35.6 Å². The molecule has 0 saturated carbocycles. The molecule has 2 aromatic rings. The predicted octanol–water partition coefficient (Wildman–Crippen LogP) is 4.06. The minimum absolute atomic E-state index is 0.00338. The SMILES string of the molecule is O=C(Nc1ccc([N+](=O)[O-])cc1)N(Cc1ccccc1)CC1CCOCC1. The molecule has 1 heterocycles. The van der Waals surface area contributed by atoms with Crippen LogP contribution in [0.3, 0.4) is 0 Å². The highest BCUT2D eigenvalue weighted by Crippen LogP contribution is 2.20.